The van der Waals surface area contributed by atoms with E-state index in [1.807, 2.05) is 0 Å². The molecule has 2 rings (SSSR count). The summed E-state index contributed by atoms with van der Waals surface area (Å²) in [5, 5.41) is 0. The van der Waals surface area contributed by atoms with Crippen molar-refractivity contribution in [2.24, 2.45) is 0 Å². The number of ether oxygens (including phenoxy) is 1. The summed E-state index contributed by atoms with van der Waals surface area (Å²) in [6, 6.07) is 1.35. The second-order valence-electron chi connectivity index (χ2n) is 4.43. The van der Waals surface area contributed by atoms with Gasteiger partial charge in [0.05, 0.1) is 6.61 Å². The van der Waals surface area contributed by atoms with Gasteiger partial charge in [-0.15, -0.1) is 0 Å². The summed E-state index contributed by atoms with van der Waals surface area (Å²) in [6.45, 7) is 1.66. The molecule has 110 valence electrons. The molecule has 6 nitrogen and oxygen atoms in total. The molecule has 1 aliphatic rings. The Morgan fingerprint density at radius 2 is 2.20 bits per heavy atom. The minimum absolute atomic E-state index is 0.0723. The summed E-state index contributed by atoms with van der Waals surface area (Å²) >= 11 is 3.20. The average molecular weight is 363 g/mol. The van der Waals surface area contributed by atoms with Crippen LogP contribution in [-0.4, -0.2) is 42.9 Å². The Bertz CT molecular complexity index is 601. The number of pyridine rings is 1. The van der Waals surface area contributed by atoms with Crippen molar-refractivity contribution in [1.29, 1.82) is 0 Å². The molecule has 1 aliphatic carbocycles. The monoisotopic (exact) mass is 362 g/mol. The molecule has 1 saturated carbocycles. The van der Waals surface area contributed by atoms with Crippen molar-refractivity contribution >= 4 is 31.9 Å². The number of rotatable bonds is 6. The maximum Gasteiger partial charge on any atom is 0.321 e. The van der Waals surface area contributed by atoms with E-state index in [4.69, 9.17) is 4.74 Å². The molecule has 0 unspecified atom stereocenters. The van der Waals surface area contributed by atoms with E-state index >= 15 is 0 Å². The van der Waals surface area contributed by atoms with Crippen molar-refractivity contribution in [2.75, 3.05) is 13.2 Å². The van der Waals surface area contributed by atoms with Crippen LogP contribution in [0.5, 0.6) is 0 Å². The van der Waals surface area contributed by atoms with Gasteiger partial charge in [-0.25, -0.2) is 8.42 Å². The first-order chi connectivity index (χ1) is 9.45. The molecule has 1 heterocycles. The Balaban J connectivity index is 2.26. The highest BCUT2D eigenvalue weighted by molar-refractivity contribution is 9.10. The molecule has 0 aliphatic heterocycles. The molecule has 0 aromatic carbocycles. The van der Waals surface area contributed by atoms with Crippen LogP contribution in [-0.2, 0) is 19.6 Å². The first-order valence-electron chi connectivity index (χ1n) is 6.23. The second kappa shape index (κ2) is 6.19. The maximum atomic E-state index is 12.6. The van der Waals surface area contributed by atoms with Crippen LogP contribution in [0.4, 0.5) is 0 Å². The molecule has 0 amide bonds. The van der Waals surface area contributed by atoms with Gasteiger partial charge in [-0.05, 0) is 41.8 Å². The van der Waals surface area contributed by atoms with Gasteiger partial charge >= 0.3 is 5.97 Å². The molecule has 1 fully saturated rings. The predicted octanol–water partition coefficient (Wildman–Crippen LogP) is 1.56. The maximum absolute atomic E-state index is 12.6. The standard InChI is InChI=1S/C12H15BrN2O4S/c1-2-19-12(16)8-15(10-3-4-10)20(17,18)11-5-9(13)6-14-7-11/h5-7,10H,2-4,8H2,1H3. The average Bonchev–Trinajstić information content (AvgIpc) is 3.20. The molecule has 0 N–H and O–H groups in total. The lowest BCUT2D eigenvalue weighted by molar-refractivity contribution is -0.143. The van der Waals surface area contributed by atoms with Crippen LogP contribution >= 0.6 is 15.9 Å². The zero-order chi connectivity index (χ0) is 14.8. The van der Waals surface area contributed by atoms with E-state index in [0.717, 1.165) is 12.8 Å². The van der Waals surface area contributed by atoms with E-state index in [0.29, 0.717) is 4.47 Å². The lowest BCUT2D eigenvalue weighted by Gasteiger charge is -2.20. The van der Waals surface area contributed by atoms with Gasteiger partial charge in [0.2, 0.25) is 10.0 Å². The molecule has 20 heavy (non-hydrogen) atoms. The van der Waals surface area contributed by atoms with Gasteiger partial charge in [-0.2, -0.15) is 4.31 Å². The predicted molar refractivity (Wildman–Crippen MR) is 75.5 cm³/mol. The molecular weight excluding hydrogens is 348 g/mol. The molecule has 1 aromatic heterocycles. The molecule has 8 heteroatoms. The number of hydrogen-bond donors (Lipinski definition) is 0. The van der Waals surface area contributed by atoms with Gasteiger partial charge in [0.25, 0.3) is 0 Å². The minimum Gasteiger partial charge on any atom is -0.465 e. The van der Waals surface area contributed by atoms with Gasteiger partial charge in [0.1, 0.15) is 11.4 Å². The van der Waals surface area contributed by atoms with Gasteiger partial charge in [0, 0.05) is 22.9 Å². The first-order valence-corrected chi connectivity index (χ1v) is 8.46. The minimum atomic E-state index is -3.73. The second-order valence-corrected chi connectivity index (χ2v) is 7.23. The van der Waals surface area contributed by atoms with Crippen molar-refractivity contribution in [3.05, 3.63) is 22.9 Å². The third kappa shape index (κ3) is 3.56. The van der Waals surface area contributed by atoms with E-state index in [-0.39, 0.29) is 24.1 Å². The third-order valence-corrected chi connectivity index (χ3v) is 5.13. The smallest absolute Gasteiger partial charge is 0.321 e. The Kier molecular flexibility index (Phi) is 4.77. The van der Waals surface area contributed by atoms with Gasteiger partial charge in [-0.3, -0.25) is 9.78 Å². The fourth-order valence-electron chi connectivity index (χ4n) is 1.78. The van der Waals surface area contributed by atoms with E-state index in [9.17, 15) is 13.2 Å². The number of carbonyl (C=O) groups is 1. The highest BCUT2D eigenvalue weighted by Crippen LogP contribution is 2.32. The number of esters is 1. The number of halogens is 1. The normalized spacial score (nSPS) is 15.3. The zero-order valence-corrected chi connectivity index (χ0v) is 13.4. The third-order valence-electron chi connectivity index (χ3n) is 2.83. The number of carbonyl (C=O) groups excluding carboxylic acids is 1. The molecule has 0 radical (unpaired) electrons. The van der Waals surface area contributed by atoms with Crippen LogP contribution < -0.4 is 0 Å². The summed E-state index contributed by atoms with van der Waals surface area (Å²) in [4.78, 5) is 15.5. The quantitative estimate of drug-likeness (QED) is 0.717. The van der Waals surface area contributed by atoms with Crippen LogP contribution in [0.1, 0.15) is 19.8 Å². The zero-order valence-electron chi connectivity index (χ0n) is 11.0. The largest absolute Gasteiger partial charge is 0.465 e. The number of aromatic nitrogens is 1. The van der Waals surface area contributed by atoms with E-state index < -0.39 is 16.0 Å². The highest BCUT2D eigenvalue weighted by atomic mass is 79.9. The van der Waals surface area contributed by atoms with Crippen LogP contribution in [0.3, 0.4) is 0 Å². The van der Waals surface area contributed by atoms with Crippen molar-refractivity contribution in [2.45, 2.75) is 30.7 Å². The fourth-order valence-corrected chi connectivity index (χ4v) is 3.91. The Morgan fingerprint density at radius 3 is 2.75 bits per heavy atom. The van der Waals surface area contributed by atoms with E-state index in [2.05, 4.69) is 20.9 Å². The number of sulfonamides is 1. The first kappa shape index (κ1) is 15.4. The van der Waals surface area contributed by atoms with Gasteiger partial charge in [-0.1, -0.05) is 0 Å². The summed E-state index contributed by atoms with van der Waals surface area (Å²) in [7, 11) is -3.73. The lowest BCUT2D eigenvalue weighted by Crippen LogP contribution is -2.38. The molecule has 0 saturated heterocycles. The Hall–Kier alpha value is -0.990. The van der Waals surface area contributed by atoms with Crippen molar-refractivity contribution in [3.8, 4) is 0 Å². The Labute approximate surface area is 126 Å². The van der Waals surface area contributed by atoms with Crippen molar-refractivity contribution in [3.63, 3.8) is 0 Å². The molecule has 1 aromatic rings. The summed E-state index contributed by atoms with van der Waals surface area (Å²) in [6.07, 6.45) is 4.31. The number of hydrogen-bond acceptors (Lipinski definition) is 5. The van der Waals surface area contributed by atoms with E-state index in [1.165, 1.54) is 22.8 Å². The lowest BCUT2D eigenvalue weighted by atomic mass is 10.5. The van der Waals surface area contributed by atoms with Crippen LogP contribution in [0, 0.1) is 0 Å². The summed E-state index contributed by atoms with van der Waals surface area (Å²) in [5.74, 6) is -0.536. The van der Waals surface area contributed by atoms with Crippen LogP contribution in [0.15, 0.2) is 27.8 Å². The number of nitrogens with zero attached hydrogens (tertiary/aromatic N) is 2. The highest BCUT2D eigenvalue weighted by Gasteiger charge is 2.39. The molecule has 0 spiro atoms. The molecule has 0 bridgehead atoms. The SMILES string of the molecule is CCOC(=O)CN(C1CC1)S(=O)(=O)c1cncc(Br)c1. The van der Waals surface area contributed by atoms with Crippen LogP contribution in [0.25, 0.3) is 0 Å². The van der Waals surface area contributed by atoms with Crippen LogP contribution in [0.2, 0.25) is 0 Å². The Morgan fingerprint density at radius 1 is 1.50 bits per heavy atom. The molecule has 0 atom stereocenters. The summed E-state index contributed by atoms with van der Waals surface area (Å²) < 4.78 is 31.7. The van der Waals surface area contributed by atoms with Crippen molar-refractivity contribution in [1.82, 2.24) is 9.29 Å². The van der Waals surface area contributed by atoms with Crippen molar-refractivity contribution < 1.29 is 17.9 Å². The summed E-state index contributed by atoms with van der Waals surface area (Å²) in [5.41, 5.74) is 0. The fraction of sp³-hybridized carbons (Fsp3) is 0.500. The van der Waals surface area contributed by atoms with E-state index in [1.54, 1.807) is 6.92 Å². The molecular formula is C12H15BrN2O4S. The topological polar surface area (TPSA) is 76.6 Å². The van der Waals surface area contributed by atoms with Gasteiger partial charge in [0.15, 0.2) is 0 Å². The van der Waals surface area contributed by atoms with Gasteiger partial charge < -0.3 is 4.74 Å².